The first-order valence-electron chi connectivity index (χ1n) is 6.54. The van der Waals surface area contributed by atoms with Crippen molar-refractivity contribution in [1.29, 1.82) is 0 Å². The maximum absolute atomic E-state index is 11.4. The van der Waals surface area contributed by atoms with Gasteiger partial charge >= 0.3 is 0 Å². The Morgan fingerprint density at radius 1 is 1.32 bits per heavy atom. The molecule has 0 spiro atoms. The summed E-state index contributed by atoms with van der Waals surface area (Å²) in [6, 6.07) is 9.50. The molecule has 2 aromatic carbocycles. The van der Waals surface area contributed by atoms with Crippen LogP contribution in [0, 0.1) is 6.92 Å². The molecule has 0 heterocycles. The number of hydrogen-bond donors (Lipinski definition) is 1. The van der Waals surface area contributed by atoms with Crippen LogP contribution in [0.1, 0.15) is 28.4 Å². The summed E-state index contributed by atoms with van der Waals surface area (Å²) in [5, 5.41) is 9.98. The van der Waals surface area contributed by atoms with E-state index in [-0.39, 0.29) is 28.6 Å². The Kier molecular flexibility index (Phi) is 4.95. The lowest BCUT2D eigenvalue weighted by molar-refractivity contribution is 0.101. The van der Waals surface area contributed by atoms with Gasteiger partial charge in [-0.05, 0) is 54.8 Å². The topological polar surface area (TPSA) is 86.7 Å². The largest absolute Gasteiger partial charge is 0.768 e. The van der Waals surface area contributed by atoms with E-state index >= 15 is 0 Å². The van der Waals surface area contributed by atoms with Crippen molar-refractivity contribution in [2.24, 2.45) is 0 Å². The minimum absolute atomic E-state index is 0.0978. The van der Waals surface area contributed by atoms with Crippen LogP contribution in [-0.2, 0) is 17.7 Å². The second kappa shape index (κ2) is 6.72. The maximum atomic E-state index is 11.4. The van der Waals surface area contributed by atoms with Crippen LogP contribution in [0.25, 0.3) is 0 Å². The van der Waals surface area contributed by atoms with Crippen LogP contribution >= 0.6 is 0 Å². The lowest BCUT2D eigenvalue weighted by Crippen LogP contribution is -2.01. The Balaban J connectivity index is 2.19. The second-order valence-electron chi connectivity index (χ2n) is 4.81. The molecular weight excluding hydrogens is 304 g/mol. The Labute approximate surface area is 130 Å². The van der Waals surface area contributed by atoms with Crippen molar-refractivity contribution in [3.63, 3.8) is 0 Å². The summed E-state index contributed by atoms with van der Waals surface area (Å²) in [5.41, 5.74) is 1.40. The lowest BCUT2D eigenvalue weighted by atomic mass is 10.1. The van der Waals surface area contributed by atoms with Gasteiger partial charge in [-0.1, -0.05) is 12.1 Å². The Morgan fingerprint density at radius 3 is 2.68 bits per heavy atom. The molecule has 0 aromatic heterocycles. The van der Waals surface area contributed by atoms with Gasteiger partial charge in [-0.3, -0.25) is 9.00 Å². The number of benzene rings is 2. The quantitative estimate of drug-likeness (QED) is 0.676. The highest BCUT2D eigenvalue weighted by molar-refractivity contribution is 7.79. The molecule has 2 aromatic rings. The molecule has 0 saturated carbocycles. The molecule has 0 aliphatic heterocycles. The van der Waals surface area contributed by atoms with E-state index in [4.69, 9.17) is 4.74 Å². The van der Waals surface area contributed by atoms with Gasteiger partial charge < -0.3 is 14.4 Å². The minimum atomic E-state index is -2.29. The van der Waals surface area contributed by atoms with E-state index in [1.165, 1.54) is 25.1 Å². The first-order valence-corrected chi connectivity index (χ1v) is 7.62. The number of ether oxygens (including phenoxy) is 1. The summed E-state index contributed by atoms with van der Waals surface area (Å²) in [6.07, 6.45) is 0. The number of hydrogen-bond acceptors (Lipinski definition) is 5. The van der Waals surface area contributed by atoms with Crippen molar-refractivity contribution in [2.45, 2.75) is 25.3 Å². The Morgan fingerprint density at radius 2 is 2.05 bits per heavy atom. The van der Waals surface area contributed by atoms with Gasteiger partial charge in [-0.15, -0.1) is 0 Å². The van der Waals surface area contributed by atoms with E-state index in [0.717, 1.165) is 0 Å². The first-order chi connectivity index (χ1) is 10.4. The van der Waals surface area contributed by atoms with Crippen LogP contribution in [-0.4, -0.2) is 19.7 Å². The zero-order valence-electron chi connectivity index (χ0n) is 12.2. The van der Waals surface area contributed by atoms with E-state index in [9.17, 15) is 18.7 Å². The molecule has 0 amide bonds. The molecule has 116 valence electrons. The number of carbonyl (C=O) groups is 1. The molecule has 1 N–H and O–H groups in total. The molecule has 0 aliphatic rings. The zero-order valence-corrected chi connectivity index (χ0v) is 13.0. The van der Waals surface area contributed by atoms with E-state index in [1.807, 2.05) is 0 Å². The minimum Gasteiger partial charge on any atom is -0.768 e. The van der Waals surface area contributed by atoms with Crippen molar-refractivity contribution in [3.8, 4) is 11.5 Å². The molecular formula is C16H15O5S-. The number of Topliss-reactive ketones (excluding diaryl/α,β-unsaturated/α-hetero) is 1. The summed E-state index contributed by atoms with van der Waals surface area (Å²) in [6.45, 7) is 3.19. The predicted molar refractivity (Wildman–Crippen MR) is 80.8 cm³/mol. The molecule has 0 fully saturated rings. The summed E-state index contributed by atoms with van der Waals surface area (Å²) >= 11 is -2.29. The van der Waals surface area contributed by atoms with E-state index in [1.54, 1.807) is 25.1 Å². The monoisotopic (exact) mass is 319 g/mol. The molecule has 22 heavy (non-hydrogen) atoms. The fourth-order valence-corrected chi connectivity index (χ4v) is 2.46. The van der Waals surface area contributed by atoms with Gasteiger partial charge in [-0.2, -0.15) is 0 Å². The molecule has 2 rings (SSSR count). The summed E-state index contributed by atoms with van der Waals surface area (Å²) in [5.74, 6) is 0.119. The van der Waals surface area contributed by atoms with E-state index in [2.05, 4.69) is 0 Å². The number of carbonyl (C=O) groups excluding carboxylic acids is 1. The number of phenols is 1. The van der Waals surface area contributed by atoms with Crippen LogP contribution < -0.4 is 4.74 Å². The molecule has 0 aliphatic carbocycles. The molecule has 0 radical (unpaired) electrons. The van der Waals surface area contributed by atoms with Crippen molar-refractivity contribution < 1.29 is 23.4 Å². The van der Waals surface area contributed by atoms with Gasteiger partial charge in [0.2, 0.25) is 0 Å². The zero-order chi connectivity index (χ0) is 16.3. The van der Waals surface area contributed by atoms with Crippen molar-refractivity contribution >= 4 is 16.9 Å². The van der Waals surface area contributed by atoms with Gasteiger partial charge in [0.1, 0.15) is 18.1 Å². The molecule has 5 nitrogen and oxygen atoms in total. The molecule has 1 unspecified atom stereocenters. The fourth-order valence-electron chi connectivity index (χ4n) is 2.02. The van der Waals surface area contributed by atoms with E-state index in [0.29, 0.717) is 16.9 Å². The molecule has 6 heteroatoms. The first kappa shape index (κ1) is 16.2. The summed E-state index contributed by atoms with van der Waals surface area (Å²) in [7, 11) is 0. The van der Waals surface area contributed by atoms with Crippen molar-refractivity contribution in [1.82, 2.24) is 0 Å². The fraction of sp³-hybridized carbons (Fsp3) is 0.188. The van der Waals surface area contributed by atoms with Crippen molar-refractivity contribution in [2.75, 3.05) is 0 Å². The highest BCUT2D eigenvalue weighted by atomic mass is 32.2. The highest BCUT2D eigenvalue weighted by Gasteiger charge is 2.13. The number of aromatic hydroxyl groups is 1. The van der Waals surface area contributed by atoms with Crippen LogP contribution in [0.2, 0.25) is 0 Å². The molecule has 0 bridgehead atoms. The Bertz CT molecular complexity index is 739. The summed E-state index contributed by atoms with van der Waals surface area (Å²) in [4.78, 5) is 11.5. The van der Waals surface area contributed by atoms with Crippen molar-refractivity contribution in [3.05, 3.63) is 53.1 Å². The third-order valence-electron chi connectivity index (χ3n) is 3.25. The average Bonchev–Trinajstić information content (AvgIpc) is 2.48. The number of ketones is 1. The SMILES string of the molecule is CC(=O)c1ccc(OCc2cccc(S(=O)[O-])c2)c(C)c1O. The third kappa shape index (κ3) is 3.52. The van der Waals surface area contributed by atoms with Gasteiger partial charge in [0.05, 0.1) is 5.56 Å². The van der Waals surface area contributed by atoms with Gasteiger partial charge in [-0.25, -0.2) is 0 Å². The van der Waals surface area contributed by atoms with Crippen LogP contribution in [0.3, 0.4) is 0 Å². The third-order valence-corrected chi connectivity index (χ3v) is 3.88. The lowest BCUT2D eigenvalue weighted by Gasteiger charge is -2.13. The molecule has 0 saturated heterocycles. The standard InChI is InChI=1S/C16H16O5S/c1-10-15(7-6-14(11(2)17)16(10)18)21-9-12-4-3-5-13(8-12)22(19)20/h3-8,18H,9H2,1-2H3,(H,19,20)/p-1. The average molecular weight is 319 g/mol. The number of phenolic OH excluding ortho intramolecular Hbond substituents is 1. The van der Waals surface area contributed by atoms with Gasteiger partial charge in [0, 0.05) is 10.5 Å². The van der Waals surface area contributed by atoms with Crippen LogP contribution in [0.4, 0.5) is 0 Å². The highest BCUT2D eigenvalue weighted by Crippen LogP contribution is 2.31. The second-order valence-corrected chi connectivity index (χ2v) is 5.75. The maximum Gasteiger partial charge on any atom is 0.163 e. The smallest absolute Gasteiger partial charge is 0.163 e. The van der Waals surface area contributed by atoms with E-state index < -0.39 is 11.1 Å². The normalized spacial score (nSPS) is 12.0. The van der Waals surface area contributed by atoms with Crippen LogP contribution in [0.5, 0.6) is 11.5 Å². The summed E-state index contributed by atoms with van der Waals surface area (Å²) < 4.78 is 27.4. The van der Waals surface area contributed by atoms with Gasteiger partial charge in [0.25, 0.3) is 0 Å². The van der Waals surface area contributed by atoms with Gasteiger partial charge in [0.15, 0.2) is 5.78 Å². The Hall–Kier alpha value is -2.18. The predicted octanol–water partition coefficient (Wildman–Crippen LogP) is 2.72. The molecule has 1 atom stereocenters. The van der Waals surface area contributed by atoms with Crippen LogP contribution in [0.15, 0.2) is 41.3 Å². The number of rotatable bonds is 5.